The Balaban J connectivity index is 2.34. The van der Waals surface area contributed by atoms with Gasteiger partial charge in [-0.15, -0.1) is 0 Å². The minimum absolute atomic E-state index is 0.000509. The van der Waals surface area contributed by atoms with Gasteiger partial charge in [0.15, 0.2) is 0 Å². The summed E-state index contributed by atoms with van der Waals surface area (Å²) in [7, 11) is 3.97. The van der Waals surface area contributed by atoms with Crippen LogP contribution in [0.5, 0.6) is 0 Å². The van der Waals surface area contributed by atoms with Gasteiger partial charge < -0.3 is 10.2 Å². The number of nitrogens with one attached hydrogen (secondary N) is 1. The minimum atomic E-state index is 0.000509. The molecule has 0 saturated carbocycles. The third-order valence-electron chi connectivity index (χ3n) is 2.73. The molecule has 1 aromatic rings. The largest absolute Gasteiger partial charge is 0.376 e. The highest BCUT2D eigenvalue weighted by molar-refractivity contribution is 5.96. The Hall–Kier alpha value is -1.71. The van der Waals surface area contributed by atoms with Crippen molar-refractivity contribution in [1.82, 2.24) is 5.32 Å². The van der Waals surface area contributed by atoms with Gasteiger partial charge in [0.05, 0.1) is 11.4 Å². The summed E-state index contributed by atoms with van der Waals surface area (Å²) in [4.78, 5) is 15.6. The molecule has 0 atom stereocenters. The van der Waals surface area contributed by atoms with Crippen molar-refractivity contribution in [3.8, 4) is 0 Å². The Morgan fingerprint density at radius 3 is 2.75 bits per heavy atom. The van der Waals surface area contributed by atoms with Crippen LogP contribution in [0.15, 0.2) is 24.3 Å². The van der Waals surface area contributed by atoms with Crippen molar-refractivity contribution in [1.29, 1.82) is 0 Å². The third kappa shape index (κ3) is 1.96. The van der Waals surface area contributed by atoms with E-state index >= 15 is 0 Å². The van der Waals surface area contributed by atoms with E-state index in [1.165, 1.54) is 0 Å². The zero-order valence-electron chi connectivity index (χ0n) is 9.73. The lowest BCUT2D eigenvalue weighted by Crippen LogP contribution is -2.46. The topological polar surface area (TPSA) is 35.6 Å². The second kappa shape index (κ2) is 4.43. The van der Waals surface area contributed by atoms with Crippen LogP contribution >= 0.6 is 0 Å². The summed E-state index contributed by atoms with van der Waals surface area (Å²) < 4.78 is 0. The SMILES string of the molecule is CN(C)c1ccccc1N1CCCNC1=O. The molecule has 1 fully saturated rings. The summed E-state index contributed by atoms with van der Waals surface area (Å²) in [6, 6.07) is 7.96. The molecule has 1 aliphatic rings. The number of para-hydroxylation sites is 2. The van der Waals surface area contributed by atoms with E-state index in [1.54, 1.807) is 4.90 Å². The monoisotopic (exact) mass is 219 g/mol. The fourth-order valence-corrected chi connectivity index (χ4v) is 1.93. The molecule has 1 N–H and O–H groups in total. The Kier molecular flexibility index (Phi) is 2.99. The number of nitrogens with zero attached hydrogens (tertiary/aromatic N) is 2. The molecule has 0 spiro atoms. The minimum Gasteiger partial charge on any atom is -0.376 e. The maximum Gasteiger partial charge on any atom is 0.321 e. The second-order valence-corrected chi connectivity index (χ2v) is 4.12. The molecule has 86 valence electrons. The van der Waals surface area contributed by atoms with E-state index < -0.39 is 0 Å². The zero-order valence-corrected chi connectivity index (χ0v) is 9.73. The predicted octanol–water partition coefficient (Wildman–Crippen LogP) is 1.67. The van der Waals surface area contributed by atoms with Crippen LogP contribution in [0.4, 0.5) is 16.2 Å². The number of urea groups is 1. The number of carbonyl (C=O) groups excluding carboxylic acids is 1. The molecule has 4 nitrogen and oxygen atoms in total. The summed E-state index contributed by atoms with van der Waals surface area (Å²) in [6.07, 6.45) is 0.994. The number of hydrogen-bond acceptors (Lipinski definition) is 2. The fraction of sp³-hybridized carbons (Fsp3) is 0.417. The lowest BCUT2D eigenvalue weighted by molar-refractivity contribution is 0.243. The van der Waals surface area contributed by atoms with Gasteiger partial charge in [0.25, 0.3) is 0 Å². The number of hydrogen-bond donors (Lipinski definition) is 1. The van der Waals surface area contributed by atoms with Crippen molar-refractivity contribution in [3.63, 3.8) is 0 Å². The van der Waals surface area contributed by atoms with Crippen LogP contribution in [0.2, 0.25) is 0 Å². The van der Waals surface area contributed by atoms with E-state index in [-0.39, 0.29) is 6.03 Å². The average Bonchev–Trinajstić information content (AvgIpc) is 2.29. The van der Waals surface area contributed by atoms with E-state index in [0.717, 1.165) is 30.9 Å². The molecule has 1 saturated heterocycles. The van der Waals surface area contributed by atoms with Crippen LogP contribution in [0.1, 0.15) is 6.42 Å². The maximum atomic E-state index is 11.8. The summed E-state index contributed by atoms with van der Waals surface area (Å²) in [5, 5.41) is 2.87. The van der Waals surface area contributed by atoms with Gasteiger partial charge in [-0.05, 0) is 18.6 Å². The van der Waals surface area contributed by atoms with Gasteiger partial charge in [-0.1, -0.05) is 12.1 Å². The van der Waals surface area contributed by atoms with E-state index in [0.29, 0.717) is 0 Å². The van der Waals surface area contributed by atoms with Gasteiger partial charge in [-0.2, -0.15) is 0 Å². The summed E-state index contributed by atoms with van der Waals surface area (Å²) in [6.45, 7) is 1.57. The van der Waals surface area contributed by atoms with E-state index in [4.69, 9.17) is 0 Å². The van der Waals surface area contributed by atoms with Gasteiger partial charge in [-0.3, -0.25) is 4.90 Å². The lowest BCUT2D eigenvalue weighted by Gasteiger charge is -2.30. The Bertz CT molecular complexity index is 390. The number of anilines is 2. The summed E-state index contributed by atoms with van der Waals surface area (Å²) in [5.74, 6) is 0. The smallest absolute Gasteiger partial charge is 0.321 e. The second-order valence-electron chi connectivity index (χ2n) is 4.12. The first-order valence-corrected chi connectivity index (χ1v) is 5.52. The standard InChI is InChI=1S/C12H17N3O/c1-14(2)10-6-3-4-7-11(10)15-9-5-8-13-12(15)16/h3-4,6-7H,5,8-9H2,1-2H3,(H,13,16). The molecule has 0 aliphatic carbocycles. The highest BCUT2D eigenvalue weighted by Crippen LogP contribution is 2.28. The molecule has 0 unspecified atom stereocenters. The van der Waals surface area contributed by atoms with Gasteiger partial charge in [0.2, 0.25) is 0 Å². The highest BCUT2D eigenvalue weighted by Gasteiger charge is 2.21. The Morgan fingerprint density at radius 1 is 1.31 bits per heavy atom. The zero-order chi connectivity index (χ0) is 11.5. The van der Waals surface area contributed by atoms with Crippen molar-refractivity contribution in [2.24, 2.45) is 0 Å². The van der Waals surface area contributed by atoms with Crippen LogP contribution < -0.4 is 15.1 Å². The quantitative estimate of drug-likeness (QED) is 0.821. The maximum absolute atomic E-state index is 11.8. The van der Waals surface area contributed by atoms with Crippen LogP contribution in [-0.4, -0.2) is 33.2 Å². The van der Waals surface area contributed by atoms with Crippen molar-refractivity contribution in [3.05, 3.63) is 24.3 Å². The van der Waals surface area contributed by atoms with Crippen molar-refractivity contribution in [2.45, 2.75) is 6.42 Å². The van der Waals surface area contributed by atoms with Gasteiger partial charge >= 0.3 is 6.03 Å². The van der Waals surface area contributed by atoms with Crippen molar-refractivity contribution in [2.75, 3.05) is 37.0 Å². The number of rotatable bonds is 2. The van der Waals surface area contributed by atoms with Crippen molar-refractivity contribution < 1.29 is 4.79 Å². The number of benzene rings is 1. The van der Waals surface area contributed by atoms with Crippen LogP contribution in [0.3, 0.4) is 0 Å². The molecular weight excluding hydrogens is 202 g/mol. The molecule has 1 aromatic carbocycles. The number of amides is 2. The molecule has 2 rings (SSSR count). The number of carbonyl (C=O) groups is 1. The Morgan fingerprint density at radius 2 is 2.06 bits per heavy atom. The van der Waals surface area contributed by atoms with E-state index in [1.807, 2.05) is 43.3 Å². The van der Waals surface area contributed by atoms with Gasteiger partial charge in [-0.25, -0.2) is 4.79 Å². The lowest BCUT2D eigenvalue weighted by atomic mass is 10.2. The first-order chi connectivity index (χ1) is 7.70. The molecule has 1 heterocycles. The summed E-state index contributed by atoms with van der Waals surface area (Å²) >= 11 is 0. The van der Waals surface area contributed by atoms with Crippen LogP contribution in [0.25, 0.3) is 0 Å². The average molecular weight is 219 g/mol. The first-order valence-electron chi connectivity index (χ1n) is 5.52. The van der Waals surface area contributed by atoms with E-state index in [2.05, 4.69) is 5.32 Å². The molecule has 0 bridgehead atoms. The molecule has 1 aliphatic heterocycles. The van der Waals surface area contributed by atoms with Crippen LogP contribution in [0, 0.1) is 0 Å². The fourth-order valence-electron chi connectivity index (χ4n) is 1.93. The highest BCUT2D eigenvalue weighted by atomic mass is 16.2. The Labute approximate surface area is 95.8 Å². The molecule has 0 radical (unpaired) electrons. The predicted molar refractivity (Wildman–Crippen MR) is 66.1 cm³/mol. The molecule has 16 heavy (non-hydrogen) atoms. The molecular formula is C12H17N3O. The third-order valence-corrected chi connectivity index (χ3v) is 2.73. The molecule has 4 heteroatoms. The summed E-state index contributed by atoms with van der Waals surface area (Å²) in [5.41, 5.74) is 2.05. The molecule has 0 aromatic heterocycles. The van der Waals surface area contributed by atoms with Gasteiger partial charge in [0.1, 0.15) is 0 Å². The van der Waals surface area contributed by atoms with E-state index in [9.17, 15) is 4.79 Å². The van der Waals surface area contributed by atoms with Crippen LogP contribution in [-0.2, 0) is 0 Å². The van der Waals surface area contributed by atoms with Crippen molar-refractivity contribution >= 4 is 17.4 Å². The first kappa shape index (κ1) is 10.8. The molecule has 2 amide bonds. The normalized spacial score (nSPS) is 15.9. The van der Waals surface area contributed by atoms with Gasteiger partial charge in [0, 0.05) is 27.2 Å².